The summed E-state index contributed by atoms with van der Waals surface area (Å²) in [4.78, 5) is 0.715. The lowest BCUT2D eigenvalue weighted by Crippen LogP contribution is -2.14. The van der Waals surface area contributed by atoms with E-state index in [1.165, 1.54) is 29.7 Å². The molecule has 5 nitrogen and oxygen atoms in total. The van der Waals surface area contributed by atoms with E-state index in [4.69, 9.17) is 0 Å². The highest BCUT2D eigenvalue weighted by Gasteiger charge is 2.25. The predicted octanol–water partition coefficient (Wildman–Crippen LogP) is 5.36. The molecule has 0 aliphatic carbocycles. The van der Waals surface area contributed by atoms with Gasteiger partial charge in [0.05, 0.1) is 17.1 Å². The molecule has 2 aromatic heterocycles. The van der Waals surface area contributed by atoms with E-state index in [1.54, 1.807) is 16.8 Å². The zero-order valence-corrected chi connectivity index (χ0v) is 18.1. The van der Waals surface area contributed by atoms with E-state index >= 15 is 0 Å². The van der Waals surface area contributed by atoms with Gasteiger partial charge in [-0.05, 0) is 35.2 Å². The Morgan fingerprint density at radius 2 is 1.90 bits per heavy atom. The van der Waals surface area contributed by atoms with E-state index in [9.17, 15) is 12.8 Å². The summed E-state index contributed by atoms with van der Waals surface area (Å²) in [5.41, 5.74) is 1.20. The first-order valence-electron chi connectivity index (χ1n) is 8.55. The second kappa shape index (κ2) is 8.10. The molecule has 148 valence electrons. The molecule has 0 radical (unpaired) electrons. The molecule has 0 atom stereocenters. The van der Waals surface area contributed by atoms with Crippen molar-refractivity contribution in [2.45, 2.75) is 11.4 Å². The standard InChI is InChI=1S/C20H15BrFN3O2S2/c21-15-8-9-17(16(22)11-15)24-29(26,27)19-13-25(12-14-5-2-1-3-6-14)23-20(19)18-7-4-10-28-18/h1-11,13,24H,12H2. The molecule has 0 unspecified atom stereocenters. The minimum atomic E-state index is -4.06. The molecule has 2 heterocycles. The third kappa shape index (κ3) is 4.42. The molecule has 29 heavy (non-hydrogen) atoms. The number of sulfonamides is 1. The average molecular weight is 492 g/mol. The Kier molecular flexibility index (Phi) is 5.53. The number of nitrogens with one attached hydrogen (secondary N) is 1. The zero-order chi connectivity index (χ0) is 20.4. The number of anilines is 1. The highest BCUT2D eigenvalue weighted by molar-refractivity contribution is 9.10. The van der Waals surface area contributed by atoms with Crippen molar-refractivity contribution in [2.24, 2.45) is 0 Å². The quantitative estimate of drug-likeness (QED) is 0.394. The highest BCUT2D eigenvalue weighted by atomic mass is 79.9. The van der Waals surface area contributed by atoms with E-state index in [1.807, 2.05) is 41.8 Å². The van der Waals surface area contributed by atoms with Gasteiger partial charge in [-0.15, -0.1) is 11.3 Å². The molecule has 0 bridgehead atoms. The Balaban J connectivity index is 1.74. The van der Waals surface area contributed by atoms with E-state index in [-0.39, 0.29) is 10.6 Å². The largest absolute Gasteiger partial charge is 0.277 e. The molecular weight excluding hydrogens is 477 g/mol. The smallest absolute Gasteiger partial charge is 0.265 e. The number of rotatable bonds is 6. The van der Waals surface area contributed by atoms with Crippen molar-refractivity contribution in [3.63, 3.8) is 0 Å². The molecule has 4 aromatic rings. The van der Waals surface area contributed by atoms with Crippen molar-refractivity contribution in [1.29, 1.82) is 0 Å². The molecule has 1 N–H and O–H groups in total. The van der Waals surface area contributed by atoms with Crippen LogP contribution in [0.2, 0.25) is 0 Å². The molecule has 0 spiro atoms. The first kappa shape index (κ1) is 19.8. The summed E-state index contributed by atoms with van der Waals surface area (Å²) in [5.74, 6) is -0.669. The summed E-state index contributed by atoms with van der Waals surface area (Å²) < 4.78 is 44.8. The Morgan fingerprint density at radius 3 is 2.59 bits per heavy atom. The van der Waals surface area contributed by atoms with Crippen molar-refractivity contribution >= 4 is 43.0 Å². The van der Waals surface area contributed by atoms with Gasteiger partial charge < -0.3 is 0 Å². The first-order valence-corrected chi connectivity index (χ1v) is 11.7. The van der Waals surface area contributed by atoms with Gasteiger partial charge in [0, 0.05) is 10.7 Å². The third-order valence-corrected chi connectivity index (χ3v) is 6.87. The molecular formula is C20H15BrFN3O2S2. The van der Waals surface area contributed by atoms with E-state index in [2.05, 4.69) is 25.8 Å². The van der Waals surface area contributed by atoms with E-state index in [0.717, 1.165) is 5.56 Å². The monoisotopic (exact) mass is 491 g/mol. The summed E-state index contributed by atoms with van der Waals surface area (Å²) in [6, 6.07) is 17.4. The number of nitrogens with zero attached hydrogens (tertiary/aromatic N) is 2. The van der Waals surface area contributed by atoms with Crippen LogP contribution in [0.1, 0.15) is 5.56 Å². The maximum atomic E-state index is 14.2. The van der Waals surface area contributed by atoms with Crippen molar-refractivity contribution in [1.82, 2.24) is 9.78 Å². The molecule has 0 saturated carbocycles. The van der Waals surface area contributed by atoms with Gasteiger partial charge in [0.25, 0.3) is 10.0 Å². The van der Waals surface area contributed by atoms with Crippen LogP contribution < -0.4 is 4.72 Å². The summed E-state index contributed by atoms with van der Waals surface area (Å²) in [7, 11) is -4.06. The lowest BCUT2D eigenvalue weighted by Gasteiger charge is -2.08. The Hall–Kier alpha value is -2.49. The maximum absolute atomic E-state index is 14.2. The molecule has 2 aromatic carbocycles. The van der Waals surface area contributed by atoms with Crippen LogP contribution in [0.25, 0.3) is 10.6 Å². The van der Waals surface area contributed by atoms with Crippen LogP contribution in [0.5, 0.6) is 0 Å². The number of halogens is 2. The zero-order valence-electron chi connectivity index (χ0n) is 14.9. The summed E-state index contributed by atoms with van der Waals surface area (Å²) in [5, 5.41) is 6.35. The van der Waals surface area contributed by atoms with Gasteiger partial charge in [-0.25, -0.2) is 12.8 Å². The molecule has 0 aliphatic rings. The predicted molar refractivity (Wildman–Crippen MR) is 116 cm³/mol. The maximum Gasteiger partial charge on any atom is 0.265 e. The van der Waals surface area contributed by atoms with Crippen molar-refractivity contribution < 1.29 is 12.8 Å². The second-order valence-corrected chi connectivity index (χ2v) is 9.75. The number of hydrogen-bond acceptors (Lipinski definition) is 4. The fraction of sp³-hybridized carbons (Fsp3) is 0.0500. The lowest BCUT2D eigenvalue weighted by molar-refractivity contribution is 0.598. The fourth-order valence-electron chi connectivity index (χ4n) is 2.81. The third-order valence-electron chi connectivity index (χ3n) is 4.14. The second-order valence-electron chi connectivity index (χ2n) is 6.23. The van der Waals surface area contributed by atoms with Crippen LogP contribution in [-0.4, -0.2) is 18.2 Å². The average Bonchev–Trinajstić information content (AvgIpc) is 3.35. The van der Waals surface area contributed by atoms with Gasteiger partial charge in [-0.3, -0.25) is 9.40 Å². The minimum absolute atomic E-state index is 0.00167. The Bertz CT molecular complexity index is 1240. The topological polar surface area (TPSA) is 64.0 Å². The number of hydrogen-bond donors (Lipinski definition) is 1. The van der Waals surface area contributed by atoms with Crippen molar-refractivity contribution in [2.75, 3.05) is 4.72 Å². The molecule has 0 aliphatic heterocycles. The molecule has 0 amide bonds. The Labute approximate surface area is 180 Å². The minimum Gasteiger partial charge on any atom is -0.277 e. The number of benzene rings is 2. The molecule has 9 heteroatoms. The summed E-state index contributed by atoms with van der Waals surface area (Å²) in [6.45, 7) is 0.418. The van der Waals surface area contributed by atoms with Crippen LogP contribution in [0.15, 0.2) is 81.6 Å². The van der Waals surface area contributed by atoms with Crippen LogP contribution >= 0.6 is 27.3 Å². The highest BCUT2D eigenvalue weighted by Crippen LogP contribution is 2.31. The van der Waals surface area contributed by atoms with Gasteiger partial charge in [0.15, 0.2) is 0 Å². The van der Waals surface area contributed by atoms with Gasteiger partial charge in [-0.1, -0.05) is 52.3 Å². The van der Waals surface area contributed by atoms with Gasteiger partial charge in [-0.2, -0.15) is 5.10 Å². The van der Waals surface area contributed by atoms with Crippen LogP contribution in [0.4, 0.5) is 10.1 Å². The normalized spacial score (nSPS) is 11.5. The lowest BCUT2D eigenvalue weighted by atomic mass is 10.2. The van der Waals surface area contributed by atoms with Gasteiger partial charge >= 0.3 is 0 Å². The number of thiophene rings is 1. The molecule has 0 saturated heterocycles. The van der Waals surface area contributed by atoms with Crippen molar-refractivity contribution in [3.8, 4) is 10.6 Å². The molecule has 4 rings (SSSR count). The SMILES string of the molecule is O=S(=O)(Nc1ccc(Br)cc1F)c1cn(Cc2ccccc2)nc1-c1cccs1. The van der Waals surface area contributed by atoms with Crippen molar-refractivity contribution in [3.05, 3.63) is 88.1 Å². The molecule has 0 fully saturated rings. The fourth-order valence-corrected chi connectivity index (χ4v) is 5.16. The van der Waals surface area contributed by atoms with E-state index in [0.29, 0.717) is 21.6 Å². The van der Waals surface area contributed by atoms with E-state index < -0.39 is 15.8 Å². The summed E-state index contributed by atoms with van der Waals surface area (Å²) in [6.07, 6.45) is 1.47. The van der Waals surface area contributed by atoms with Crippen LogP contribution in [0, 0.1) is 5.82 Å². The first-order chi connectivity index (χ1) is 13.9. The van der Waals surface area contributed by atoms with Gasteiger partial charge in [0.1, 0.15) is 16.4 Å². The van der Waals surface area contributed by atoms with Crippen LogP contribution in [0.3, 0.4) is 0 Å². The van der Waals surface area contributed by atoms with Gasteiger partial charge in [0.2, 0.25) is 0 Å². The summed E-state index contributed by atoms with van der Waals surface area (Å²) >= 11 is 4.55. The number of aromatic nitrogens is 2. The Morgan fingerprint density at radius 1 is 1.10 bits per heavy atom. The van der Waals surface area contributed by atoms with Crippen LogP contribution in [-0.2, 0) is 16.6 Å².